The molecule has 13 heteroatoms. The van der Waals surface area contributed by atoms with E-state index < -0.39 is 18.4 Å². The number of aromatic nitrogens is 2. The molecule has 2 aromatic heterocycles. The minimum Gasteiger partial charge on any atom is -0.550 e. The van der Waals surface area contributed by atoms with Crippen LogP contribution in [0.4, 0.5) is 11.5 Å². The smallest absolute Gasteiger partial charge is 0.311 e. The van der Waals surface area contributed by atoms with E-state index in [0.717, 1.165) is 16.3 Å². The summed E-state index contributed by atoms with van der Waals surface area (Å²) in [6, 6.07) is 16.2. The molecule has 2 N–H and O–H groups in total. The molecule has 10 nitrogen and oxygen atoms in total. The fraction of sp³-hybridized carbons (Fsp3) is 0.143. The average molecular weight is 605 g/mol. The molecule has 0 aliphatic heterocycles. The van der Waals surface area contributed by atoms with Gasteiger partial charge in [0.15, 0.2) is 0 Å². The molecular weight excluding hydrogens is 586 g/mol. The number of halogens is 1. The minimum atomic E-state index is -1.52. The molecule has 0 saturated heterocycles. The highest BCUT2D eigenvalue weighted by atomic mass is 35.5. The molecule has 4 aromatic rings. The summed E-state index contributed by atoms with van der Waals surface area (Å²) < 4.78 is 10.3. The number of benzene rings is 2. The number of nitriles is 1. The molecule has 0 fully saturated rings. The molecule has 2 heterocycles. The van der Waals surface area contributed by atoms with Gasteiger partial charge in [0.1, 0.15) is 40.9 Å². The summed E-state index contributed by atoms with van der Waals surface area (Å²) >= 11 is 8.77. The number of carbonyl (C=O) groups excluding carboxylic acids is 2. The SMILES string of the molecule is [C-]#[N+]c1c(N)nc(SCc2csc(-c3ccc(Cl)cc3)n2)c(C#N)c1-c1ccc(OCCOC(=O)CC(=O)[O-])cc1. The van der Waals surface area contributed by atoms with Crippen LogP contribution >= 0.6 is 34.7 Å². The van der Waals surface area contributed by atoms with E-state index in [-0.39, 0.29) is 30.3 Å². The van der Waals surface area contributed by atoms with Gasteiger partial charge >= 0.3 is 5.97 Å². The zero-order valence-electron chi connectivity index (χ0n) is 21.1. The topological polar surface area (TPSA) is 156 Å². The van der Waals surface area contributed by atoms with E-state index >= 15 is 0 Å². The molecule has 206 valence electrons. The standard InChI is InChI=1S/C28H20ClN5O5S2/c1-32-25-24(16-4-8-20(9-5-16)38-10-11-39-23(37)12-22(35)36)21(13-30)28(34-26(25)31)41-15-19-14-40-27(33-19)17-2-6-18(29)7-3-17/h2-9,14H,10-12,15H2,(H2,31,34)(H,35,36)/p-1. The number of anilines is 1. The molecule has 0 unspecified atom stereocenters. The summed E-state index contributed by atoms with van der Waals surface area (Å²) in [5.41, 5.74) is 9.11. The Morgan fingerprint density at radius 1 is 1.12 bits per heavy atom. The van der Waals surface area contributed by atoms with Gasteiger partial charge in [0.05, 0.1) is 30.2 Å². The first-order valence-electron chi connectivity index (χ1n) is 11.8. The van der Waals surface area contributed by atoms with Crippen LogP contribution in [-0.4, -0.2) is 35.1 Å². The van der Waals surface area contributed by atoms with Gasteiger partial charge in [0.25, 0.3) is 0 Å². The van der Waals surface area contributed by atoms with Crippen molar-refractivity contribution >= 4 is 58.1 Å². The third kappa shape index (κ3) is 7.52. The monoisotopic (exact) mass is 604 g/mol. The van der Waals surface area contributed by atoms with E-state index in [2.05, 4.69) is 20.9 Å². The van der Waals surface area contributed by atoms with Gasteiger partial charge in [-0.2, -0.15) is 5.26 Å². The van der Waals surface area contributed by atoms with Crippen LogP contribution in [0, 0.1) is 17.9 Å². The first-order valence-corrected chi connectivity index (χ1v) is 14.1. The summed E-state index contributed by atoms with van der Waals surface area (Å²) in [5.74, 6) is -1.56. The maximum Gasteiger partial charge on any atom is 0.311 e. The molecule has 41 heavy (non-hydrogen) atoms. The fourth-order valence-corrected chi connectivity index (χ4v) is 5.56. The number of carboxylic acids is 1. The Bertz CT molecular complexity index is 1660. The fourth-order valence-electron chi connectivity index (χ4n) is 3.62. The normalized spacial score (nSPS) is 10.4. The number of carboxylic acid groups (broad SMARTS) is 1. The van der Waals surface area contributed by atoms with Crippen LogP contribution in [0.25, 0.3) is 26.5 Å². The minimum absolute atomic E-state index is 0.00573. The largest absolute Gasteiger partial charge is 0.550 e. The number of ether oxygens (including phenoxy) is 2. The van der Waals surface area contributed by atoms with Crippen LogP contribution in [-0.2, 0) is 20.1 Å². The van der Waals surface area contributed by atoms with Crippen molar-refractivity contribution in [3.05, 3.63) is 81.6 Å². The molecule has 0 saturated carbocycles. The molecule has 2 aromatic carbocycles. The second kappa shape index (κ2) is 13.6. The molecule has 0 bridgehead atoms. The Kier molecular flexibility index (Phi) is 9.77. The number of hydrogen-bond donors (Lipinski definition) is 1. The van der Waals surface area contributed by atoms with E-state index in [1.54, 1.807) is 36.4 Å². The van der Waals surface area contributed by atoms with Crippen LogP contribution in [0.2, 0.25) is 5.02 Å². The maximum atomic E-state index is 11.3. The van der Waals surface area contributed by atoms with Crippen molar-refractivity contribution in [2.24, 2.45) is 0 Å². The Morgan fingerprint density at radius 3 is 2.49 bits per heavy atom. The summed E-state index contributed by atoms with van der Waals surface area (Å²) in [7, 11) is 0. The van der Waals surface area contributed by atoms with Gasteiger partial charge in [-0.25, -0.2) is 14.8 Å². The average Bonchev–Trinajstić information content (AvgIpc) is 3.43. The summed E-state index contributed by atoms with van der Waals surface area (Å²) in [6.45, 7) is 7.50. The molecule has 0 atom stereocenters. The Labute approximate surface area is 248 Å². The molecule has 0 amide bonds. The van der Waals surface area contributed by atoms with Crippen LogP contribution in [0.1, 0.15) is 17.7 Å². The highest BCUT2D eigenvalue weighted by molar-refractivity contribution is 7.98. The van der Waals surface area contributed by atoms with E-state index in [1.165, 1.54) is 23.1 Å². The van der Waals surface area contributed by atoms with Gasteiger partial charge in [-0.1, -0.05) is 47.6 Å². The number of rotatable bonds is 11. The second-order valence-corrected chi connectivity index (χ2v) is 10.5. The first kappa shape index (κ1) is 29.4. The van der Waals surface area contributed by atoms with Crippen LogP contribution < -0.4 is 15.6 Å². The van der Waals surface area contributed by atoms with Gasteiger partial charge < -0.3 is 25.1 Å². The lowest BCUT2D eigenvalue weighted by atomic mass is 10.00. The van der Waals surface area contributed by atoms with E-state index in [0.29, 0.717) is 32.7 Å². The highest BCUT2D eigenvalue weighted by Gasteiger charge is 2.21. The predicted octanol–water partition coefficient (Wildman–Crippen LogP) is 4.88. The van der Waals surface area contributed by atoms with Crippen molar-refractivity contribution in [1.29, 1.82) is 5.26 Å². The number of thiazole rings is 1. The lowest BCUT2D eigenvalue weighted by Gasteiger charge is -2.14. The van der Waals surface area contributed by atoms with Gasteiger partial charge in [-0.15, -0.1) is 11.3 Å². The number of carbonyl (C=O) groups is 2. The molecule has 0 aliphatic rings. The van der Waals surface area contributed by atoms with Crippen molar-refractivity contribution < 1.29 is 24.2 Å². The Morgan fingerprint density at radius 2 is 1.83 bits per heavy atom. The summed E-state index contributed by atoms with van der Waals surface area (Å²) in [5, 5.41) is 24.3. The number of thioether (sulfide) groups is 1. The summed E-state index contributed by atoms with van der Waals surface area (Å²) in [6.07, 6.45) is -0.830. The van der Waals surface area contributed by atoms with Crippen molar-refractivity contribution in [3.63, 3.8) is 0 Å². The van der Waals surface area contributed by atoms with Gasteiger partial charge in [0.2, 0.25) is 5.69 Å². The van der Waals surface area contributed by atoms with E-state index in [9.17, 15) is 20.0 Å². The van der Waals surface area contributed by atoms with Crippen LogP contribution in [0.3, 0.4) is 0 Å². The lowest BCUT2D eigenvalue weighted by molar-refractivity contribution is -0.305. The van der Waals surface area contributed by atoms with Crippen molar-refractivity contribution in [3.8, 4) is 33.5 Å². The third-order valence-corrected chi connectivity index (χ3v) is 7.64. The number of aliphatic carboxylic acids is 1. The maximum absolute atomic E-state index is 11.3. The number of esters is 1. The number of nitrogen functional groups attached to an aromatic ring is 1. The second-order valence-electron chi connectivity index (χ2n) is 8.21. The van der Waals surface area contributed by atoms with Gasteiger partial charge in [-0.05, 0) is 29.8 Å². The molecule has 0 spiro atoms. The van der Waals surface area contributed by atoms with Crippen molar-refractivity contribution in [2.45, 2.75) is 17.2 Å². The van der Waals surface area contributed by atoms with Crippen LogP contribution in [0.5, 0.6) is 5.75 Å². The third-order valence-electron chi connectivity index (χ3n) is 5.44. The van der Waals surface area contributed by atoms with Gasteiger partial charge in [-0.3, -0.25) is 4.79 Å². The molecular formula is C28H19ClN5O5S2-. The number of nitrogens with two attached hydrogens (primary N) is 1. The summed E-state index contributed by atoms with van der Waals surface area (Å²) in [4.78, 5) is 34.2. The quantitative estimate of drug-likeness (QED) is 0.0822. The van der Waals surface area contributed by atoms with Crippen molar-refractivity contribution in [1.82, 2.24) is 9.97 Å². The number of nitrogens with zero attached hydrogens (tertiary/aromatic N) is 4. The van der Waals surface area contributed by atoms with Crippen LogP contribution in [0.15, 0.2) is 58.9 Å². The van der Waals surface area contributed by atoms with Gasteiger partial charge in [0, 0.05) is 27.3 Å². The van der Waals surface area contributed by atoms with E-state index in [1.807, 2.05) is 17.5 Å². The Balaban J connectivity index is 1.49. The lowest BCUT2D eigenvalue weighted by Crippen LogP contribution is -2.26. The van der Waals surface area contributed by atoms with Crippen molar-refractivity contribution in [2.75, 3.05) is 18.9 Å². The number of hydrogen-bond acceptors (Lipinski definition) is 11. The Hall–Kier alpha value is -4.62. The zero-order valence-corrected chi connectivity index (χ0v) is 23.5. The molecule has 0 radical (unpaired) electrons. The molecule has 4 rings (SSSR count). The highest BCUT2D eigenvalue weighted by Crippen LogP contribution is 2.42. The zero-order chi connectivity index (χ0) is 29.4. The predicted molar refractivity (Wildman–Crippen MR) is 153 cm³/mol. The number of pyridine rings is 1. The van der Waals surface area contributed by atoms with E-state index in [4.69, 9.17) is 33.4 Å². The first-order chi connectivity index (χ1) is 19.8. The molecule has 0 aliphatic carbocycles.